The summed E-state index contributed by atoms with van der Waals surface area (Å²) < 4.78 is 10.4. The Morgan fingerprint density at radius 2 is 1.96 bits per heavy atom. The van der Waals surface area contributed by atoms with Crippen LogP contribution < -0.4 is 10.2 Å². The fourth-order valence-corrected chi connectivity index (χ4v) is 2.92. The van der Waals surface area contributed by atoms with E-state index in [1.54, 1.807) is 7.11 Å². The van der Waals surface area contributed by atoms with Crippen molar-refractivity contribution in [2.45, 2.75) is 6.92 Å². The van der Waals surface area contributed by atoms with Crippen LogP contribution in [0, 0.1) is 0 Å². The third-order valence-electron chi connectivity index (χ3n) is 4.02. The van der Waals surface area contributed by atoms with Gasteiger partial charge in [0.25, 0.3) is 0 Å². The molecule has 1 aromatic carbocycles. The van der Waals surface area contributed by atoms with E-state index < -0.39 is 0 Å². The normalized spacial score (nSPS) is 15.0. The summed E-state index contributed by atoms with van der Waals surface area (Å²) in [6.45, 7) is 9.22. The largest absolute Gasteiger partial charge is 0.382 e. The van der Waals surface area contributed by atoms with Gasteiger partial charge in [-0.05, 0) is 25.1 Å². The first-order valence-electron chi connectivity index (χ1n) is 8.85. The summed E-state index contributed by atoms with van der Waals surface area (Å²) in [6.07, 6.45) is 0. The van der Waals surface area contributed by atoms with Gasteiger partial charge in [-0.2, -0.15) is 0 Å². The lowest BCUT2D eigenvalue weighted by molar-refractivity contribution is 0.0747. The summed E-state index contributed by atoms with van der Waals surface area (Å²) >= 11 is 6.10. The van der Waals surface area contributed by atoms with Gasteiger partial charge in [-0.3, -0.25) is 4.99 Å². The number of nitrogens with one attached hydrogen (secondary N) is 1. The van der Waals surface area contributed by atoms with Gasteiger partial charge in [-0.25, -0.2) is 0 Å². The van der Waals surface area contributed by atoms with Gasteiger partial charge >= 0.3 is 0 Å². The predicted molar refractivity (Wildman–Crippen MR) is 119 cm³/mol. The number of hydrogen-bond acceptors (Lipinski definition) is 4. The Labute approximate surface area is 178 Å². The molecule has 1 aliphatic rings. The molecule has 1 fully saturated rings. The Balaban J connectivity index is 0.00000338. The smallest absolute Gasteiger partial charge is 0.194 e. The van der Waals surface area contributed by atoms with Crippen LogP contribution in [0.4, 0.5) is 5.69 Å². The SMILES string of the molecule is CCNC(=NCCOCCOC)N1CCN(c2cccc(Cl)c2)CC1.I. The fraction of sp³-hybridized carbons (Fsp3) is 0.611. The lowest BCUT2D eigenvalue weighted by atomic mass is 10.2. The van der Waals surface area contributed by atoms with Crippen molar-refractivity contribution in [3.63, 3.8) is 0 Å². The van der Waals surface area contributed by atoms with E-state index in [1.807, 2.05) is 18.2 Å². The van der Waals surface area contributed by atoms with Gasteiger partial charge in [-0.15, -0.1) is 24.0 Å². The highest BCUT2D eigenvalue weighted by Gasteiger charge is 2.19. The third-order valence-corrected chi connectivity index (χ3v) is 4.25. The standard InChI is InChI=1S/C18H29ClN4O2.HI/c1-3-20-18(21-7-12-25-14-13-24-2)23-10-8-22(9-11-23)17-6-4-5-16(19)15-17;/h4-6,15H,3,7-14H2,1-2H3,(H,20,21);1H. The molecule has 1 saturated heterocycles. The van der Waals surface area contributed by atoms with E-state index in [2.05, 4.69) is 33.1 Å². The first-order valence-corrected chi connectivity index (χ1v) is 9.23. The van der Waals surface area contributed by atoms with Crippen LogP contribution in [0.3, 0.4) is 0 Å². The van der Waals surface area contributed by atoms with Gasteiger partial charge in [0.15, 0.2) is 5.96 Å². The number of rotatable bonds is 8. The zero-order valence-electron chi connectivity index (χ0n) is 15.6. The topological polar surface area (TPSA) is 49.3 Å². The molecule has 1 N–H and O–H groups in total. The average Bonchev–Trinajstić information content (AvgIpc) is 2.64. The fourth-order valence-electron chi connectivity index (χ4n) is 2.74. The molecular weight excluding hydrogens is 467 g/mol. The van der Waals surface area contributed by atoms with Crippen LogP contribution in [0.15, 0.2) is 29.3 Å². The molecule has 0 spiro atoms. The lowest BCUT2D eigenvalue weighted by Gasteiger charge is -2.37. The molecular formula is C18H30ClIN4O2. The molecule has 0 atom stereocenters. The van der Waals surface area contributed by atoms with Crippen molar-refractivity contribution in [2.24, 2.45) is 4.99 Å². The molecule has 8 heteroatoms. The zero-order valence-corrected chi connectivity index (χ0v) is 18.7. The van der Waals surface area contributed by atoms with Crippen LogP contribution in [0.5, 0.6) is 0 Å². The van der Waals surface area contributed by atoms with Gasteiger partial charge in [0.1, 0.15) is 0 Å². The second kappa shape index (κ2) is 13.4. The van der Waals surface area contributed by atoms with E-state index in [0.29, 0.717) is 26.4 Å². The number of methoxy groups -OCH3 is 1. The molecule has 0 saturated carbocycles. The Bertz CT molecular complexity index is 540. The highest BCUT2D eigenvalue weighted by molar-refractivity contribution is 14.0. The number of benzene rings is 1. The highest BCUT2D eigenvalue weighted by Crippen LogP contribution is 2.20. The average molecular weight is 497 g/mol. The second-order valence-corrected chi connectivity index (χ2v) is 6.23. The summed E-state index contributed by atoms with van der Waals surface area (Å²) in [7, 11) is 1.67. The molecule has 148 valence electrons. The van der Waals surface area contributed by atoms with Crippen LogP contribution in [0.1, 0.15) is 6.92 Å². The van der Waals surface area contributed by atoms with E-state index >= 15 is 0 Å². The minimum Gasteiger partial charge on any atom is -0.382 e. The van der Waals surface area contributed by atoms with Gasteiger partial charge in [-0.1, -0.05) is 17.7 Å². The van der Waals surface area contributed by atoms with Crippen LogP contribution in [0.25, 0.3) is 0 Å². The molecule has 0 amide bonds. The molecule has 0 aliphatic carbocycles. The van der Waals surface area contributed by atoms with E-state index in [-0.39, 0.29) is 24.0 Å². The third kappa shape index (κ3) is 7.85. The maximum atomic E-state index is 6.10. The van der Waals surface area contributed by atoms with Crippen molar-refractivity contribution in [3.05, 3.63) is 29.3 Å². The zero-order chi connectivity index (χ0) is 17.9. The Morgan fingerprint density at radius 3 is 2.62 bits per heavy atom. The summed E-state index contributed by atoms with van der Waals surface area (Å²) in [5.41, 5.74) is 1.18. The van der Waals surface area contributed by atoms with Crippen molar-refractivity contribution in [1.82, 2.24) is 10.2 Å². The number of halogens is 2. The molecule has 1 aromatic rings. The maximum absolute atomic E-state index is 6.10. The Hall–Kier alpha value is -0.770. The summed E-state index contributed by atoms with van der Waals surface area (Å²) in [5.74, 6) is 0.962. The monoisotopic (exact) mass is 496 g/mol. The van der Waals surface area contributed by atoms with Crippen LogP contribution in [-0.4, -0.2) is 77.1 Å². The Kier molecular flexibility index (Phi) is 12.0. The minimum absolute atomic E-state index is 0. The summed E-state index contributed by atoms with van der Waals surface area (Å²) in [6, 6.07) is 8.04. The summed E-state index contributed by atoms with van der Waals surface area (Å²) in [5, 5.41) is 4.16. The number of ether oxygens (including phenoxy) is 2. The molecule has 6 nitrogen and oxygen atoms in total. The van der Waals surface area contributed by atoms with Crippen LogP contribution >= 0.6 is 35.6 Å². The molecule has 26 heavy (non-hydrogen) atoms. The number of piperazine rings is 1. The summed E-state index contributed by atoms with van der Waals surface area (Å²) in [4.78, 5) is 9.34. The van der Waals surface area contributed by atoms with Gasteiger partial charge in [0.05, 0.1) is 26.4 Å². The molecule has 2 rings (SSSR count). The molecule has 0 aromatic heterocycles. The molecule has 1 aliphatic heterocycles. The number of hydrogen-bond donors (Lipinski definition) is 1. The van der Waals surface area contributed by atoms with Gasteiger partial charge < -0.3 is 24.6 Å². The van der Waals surface area contributed by atoms with E-state index in [9.17, 15) is 0 Å². The lowest BCUT2D eigenvalue weighted by Crippen LogP contribution is -2.52. The maximum Gasteiger partial charge on any atom is 0.194 e. The number of aliphatic imine (C=N–C) groups is 1. The molecule has 0 unspecified atom stereocenters. The first-order chi connectivity index (χ1) is 12.2. The molecule has 0 bridgehead atoms. The van der Waals surface area contributed by atoms with Crippen molar-refractivity contribution in [3.8, 4) is 0 Å². The number of anilines is 1. The molecule has 1 heterocycles. The van der Waals surface area contributed by atoms with Crippen LogP contribution in [0.2, 0.25) is 5.02 Å². The second-order valence-electron chi connectivity index (χ2n) is 5.79. The number of guanidine groups is 1. The van der Waals surface area contributed by atoms with E-state index in [4.69, 9.17) is 21.1 Å². The minimum atomic E-state index is 0. The van der Waals surface area contributed by atoms with Crippen molar-refractivity contribution in [1.29, 1.82) is 0 Å². The van der Waals surface area contributed by atoms with Crippen LogP contribution in [-0.2, 0) is 9.47 Å². The van der Waals surface area contributed by atoms with Gasteiger partial charge in [0.2, 0.25) is 0 Å². The highest BCUT2D eigenvalue weighted by atomic mass is 127. The quantitative estimate of drug-likeness (QED) is 0.260. The van der Waals surface area contributed by atoms with E-state index in [1.165, 1.54) is 5.69 Å². The molecule has 0 radical (unpaired) electrons. The van der Waals surface area contributed by atoms with E-state index in [0.717, 1.165) is 43.7 Å². The van der Waals surface area contributed by atoms with Crippen molar-refractivity contribution < 1.29 is 9.47 Å². The van der Waals surface area contributed by atoms with Gasteiger partial charge in [0, 0.05) is 50.5 Å². The predicted octanol–water partition coefficient (Wildman–Crippen LogP) is 2.71. The van der Waals surface area contributed by atoms with Crippen molar-refractivity contribution >= 4 is 47.2 Å². The Morgan fingerprint density at radius 1 is 1.19 bits per heavy atom. The number of nitrogens with zero attached hydrogens (tertiary/aromatic N) is 3. The first kappa shape index (κ1) is 23.3. The van der Waals surface area contributed by atoms with Crippen molar-refractivity contribution in [2.75, 3.05) is 71.1 Å².